The zero-order valence-electron chi connectivity index (χ0n) is 13.1. The van der Waals surface area contributed by atoms with Crippen molar-refractivity contribution in [1.29, 1.82) is 0 Å². The van der Waals surface area contributed by atoms with E-state index in [2.05, 4.69) is 52.5 Å². The Balaban J connectivity index is 1.57. The molecule has 0 radical (unpaired) electrons. The summed E-state index contributed by atoms with van der Waals surface area (Å²) in [6.07, 6.45) is 2.85. The Morgan fingerprint density at radius 2 is 2.09 bits per heavy atom. The quantitative estimate of drug-likeness (QED) is 0.533. The second kappa shape index (κ2) is 7.33. The highest BCUT2D eigenvalue weighted by atomic mass is 32.2. The van der Waals surface area contributed by atoms with Crippen LogP contribution < -0.4 is 10.6 Å². The molecule has 1 aliphatic heterocycles. The standard InChI is InChI=1S/C18H20N4S/c1-22-10-9-16-11-15(7-8-17(16)22)12-20-21-18(19)23-13-14-5-3-2-4-6-14/h2-8,11-12H,9-10,13H2,1H3,(H2,19,21). The summed E-state index contributed by atoms with van der Waals surface area (Å²) in [5, 5.41) is 8.64. The minimum atomic E-state index is 0.478. The lowest BCUT2D eigenvalue weighted by molar-refractivity contribution is 0.956. The van der Waals surface area contributed by atoms with Gasteiger partial charge in [0, 0.05) is 25.0 Å². The molecule has 3 rings (SSSR count). The average Bonchev–Trinajstić information content (AvgIpc) is 2.95. The minimum absolute atomic E-state index is 0.478. The maximum absolute atomic E-state index is 5.89. The van der Waals surface area contributed by atoms with Gasteiger partial charge in [0.05, 0.1) is 6.21 Å². The van der Waals surface area contributed by atoms with Gasteiger partial charge in [0.25, 0.3) is 0 Å². The Kier molecular flexibility index (Phi) is 4.98. The van der Waals surface area contributed by atoms with E-state index in [1.54, 1.807) is 6.21 Å². The molecule has 1 heterocycles. The summed E-state index contributed by atoms with van der Waals surface area (Å²) in [7, 11) is 2.12. The number of amidine groups is 1. The molecule has 2 aromatic rings. The molecule has 0 amide bonds. The summed E-state index contributed by atoms with van der Waals surface area (Å²) in [5.74, 6) is 0.802. The van der Waals surface area contributed by atoms with Crippen LogP contribution in [-0.4, -0.2) is 25.0 Å². The summed E-state index contributed by atoms with van der Waals surface area (Å²) in [4.78, 5) is 2.27. The summed E-state index contributed by atoms with van der Waals surface area (Å²) < 4.78 is 0. The fourth-order valence-electron chi connectivity index (χ4n) is 2.58. The van der Waals surface area contributed by atoms with Crippen molar-refractivity contribution in [2.24, 2.45) is 15.9 Å². The van der Waals surface area contributed by atoms with Crippen LogP contribution in [0, 0.1) is 0 Å². The van der Waals surface area contributed by atoms with E-state index in [4.69, 9.17) is 5.73 Å². The van der Waals surface area contributed by atoms with Crippen molar-refractivity contribution in [3.63, 3.8) is 0 Å². The van der Waals surface area contributed by atoms with Gasteiger partial charge >= 0.3 is 0 Å². The third-order valence-electron chi connectivity index (χ3n) is 3.82. The number of fused-ring (bicyclic) bond motifs is 1. The number of benzene rings is 2. The van der Waals surface area contributed by atoms with Gasteiger partial charge in [-0.05, 0) is 35.2 Å². The molecule has 0 bridgehead atoms. The van der Waals surface area contributed by atoms with Gasteiger partial charge in [0.2, 0.25) is 0 Å². The van der Waals surface area contributed by atoms with Gasteiger partial charge < -0.3 is 10.6 Å². The Morgan fingerprint density at radius 3 is 2.91 bits per heavy atom. The molecule has 0 aliphatic carbocycles. The van der Waals surface area contributed by atoms with Crippen molar-refractivity contribution >= 4 is 28.8 Å². The number of likely N-dealkylation sites (N-methyl/N-ethyl adjacent to an activating group) is 1. The van der Waals surface area contributed by atoms with Gasteiger partial charge in [-0.1, -0.05) is 48.2 Å². The van der Waals surface area contributed by atoms with Gasteiger partial charge in [-0.2, -0.15) is 5.10 Å². The van der Waals surface area contributed by atoms with E-state index < -0.39 is 0 Å². The Bertz CT molecular complexity index is 725. The number of hydrogen-bond donors (Lipinski definition) is 1. The van der Waals surface area contributed by atoms with Crippen molar-refractivity contribution in [1.82, 2.24) is 0 Å². The van der Waals surface area contributed by atoms with Crippen LogP contribution in [0.25, 0.3) is 0 Å². The van der Waals surface area contributed by atoms with E-state index in [-0.39, 0.29) is 0 Å². The number of thioether (sulfide) groups is 1. The van der Waals surface area contributed by atoms with Crippen LogP contribution in [0.2, 0.25) is 0 Å². The first-order valence-electron chi connectivity index (χ1n) is 7.59. The van der Waals surface area contributed by atoms with Gasteiger partial charge in [0.15, 0.2) is 5.17 Å². The molecular weight excluding hydrogens is 304 g/mol. The van der Waals surface area contributed by atoms with E-state index in [1.165, 1.54) is 28.6 Å². The molecule has 0 spiro atoms. The highest BCUT2D eigenvalue weighted by Gasteiger charge is 2.14. The Morgan fingerprint density at radius 1 is 1.26 bits per heavy atom. The first-order chi connectivity index (χ1) is 11.2. The SMILES string of the molecule is CN1CCc2cc(C=NN=C(N)SCc3ccccc3)ccc21. The third-order valence-corrected chi connectivity index (χ3v) is 4.68. The molecule has 4 nitrogen and oxygen atoms in total. The highest BCUT2D eigenvalue weighted by molar-refractivity contribution is 8.13. The van der Waals surface area contributed by atoms with Crippen molar-refractivity contribution < 1.29 is 0 Å². The molecule has 2 aromatic carbocycles. The van der Waals surface area contributed by atoms with Gasteiger partial charge in [-0.15, -0.1) is 5.10 Å². The van der Waals surface area contributed by atoms with Crippen LogP contribution in [0.5, 0.6) is 0 Å². The Labute approximate surface area is 141 Å². The summed E-state index contributed by atoms with van der Waals surface area (Å²) in [6.45, 7) is 1.08. The zero-order chi connectivity index (χ0) is 16.1. The molecule has 5 heteroatoms. The Hall–Kier alpha value is -2.27. The molecule has 0 unspecified atom stereocenters. The number of nitrogens with two attached hydrogens (primary N) is 1. The zero-order valence-corrected chi connectivity index (χ0v) is 14.0. The second-order valence-corrected chi connectivity index (χ2v) is 6.51. The topological polar surface area (TPSA) is 54.0 Å². The molecule has 0 atom stereocenters. The van der Waals surface area contributed by atoms with E-state index >= 15 is 0 Å². The lowest BCUT2D eigenvalue weighted by Crippen LogP contribution is -2.12. The molecule has 0 fully saturated rings. The number of anilines is 1. The van der Waals surface area contributed by atoms with Crippen molar-refractivity contribution in [3.8, 4) is 0 Å². The van der Waals surface area contributed by atoms with Crippen LogP contribution in [0.1, 0.15) is 16.7 Å². The monoisotopic (exact) mass is 324 g/mol. The van der Waals surface area contributed by atoms with Crippen LogP contribution in [-0.2, 0) is 12.2 Å². The maximum Gasteiger partial charge on any atom is 0.180 e. The number of hydrogen-bond acceptors (Lipinski definition) is 4. The molecule has 23 heavy (non-hydrogen) atoms. The molecule has 0 saturated heterocycles. The predicted molar refractivity (Wildman–Crippen MR) is 100 cm³/mol. The largest absolute Gasteiger partial charge is 0.377 e. The van der Waals surface area contributed by atoms with E-state index in [0.29, 0.717) is 5.17 Å². The summed E-state index contributed by atoms with van der Waals surface area (Å²) in [6, 6.07) is 16.6. The van der Waals surface area contributed by atoms with E-state index in [9.17, 15) is 0 Å². The summed E-state index contributed by atoms with van der Waals surface area (Å²) >= 11 is 1.49. The van der Waals surface area contributed by atoms with Gasteiger partial charge in [-0.25, -0.2) is 0 Å². The fourth-order valence-corrected chi connectivity index (χ4v) is 3.19. The average molecular weight is 324 g/mol. The smallest absolute Gasteiger partial charge is 0.180 e. The summed E-state index contributed by atoms with van der Waals surface area (Å²) in [5.41, 5.74) is 10.8. The number of rotatable bonds is 4. The molecule has 0 aromatic heterocycles. The van der Waals surface area contributed by atoms with E-state index in [1.807, 2.05) is 18.2 Å². The normalized spacial score (nSPS) is 14.5. The lowest BCUT2D eigenvalue weighted by Gasteiger charge is -2.11. The number of nitrogens with zero attached hydrogens (tertiary/aromatic N) is 3. The van der Waals surface area contributed by atoms with Gasteiger partial charge in [0.1, 0.15) is 0 Å². The van der Waals surface area contributed by atoms with E-state index in [0.717, 1.165) is 24.3 Å². The van der Waals surface area contributed by atoms with Crippen LogP contribution in [0.4, 0.5) is 5.69 Å². The first kappa shape index (κ1) is 15.6. The van der Waals surface area contributed by atoms with Crippen LogP contribution in [0.3, 0.4) is 0 Å². The fraction of sp³-hybridized carbons (Fsp3) is 0.222. The molecular formula is C18H20N4S. The minimum Gasteiger partial charge on any atom is -0.377 e. The first-order valence-corrected chi connectivity index (χ1v) is 8.58. The van der Waals surface area contributed by atoms with Crippen molar-refractivity contribution in [3.05, 3.63) is 65.2 Å². The maximum atomic E-state index is 5.89. The highest BCUT2D eigenvalue weighted by Crippen LogP contribution is 2.26. The third kappa shape index (κ3) is 4.13. The molecule has 118 valence electrons. The van der Waals surface area contributed by atoms with Crippen LogP contribution >= 0.6 is 11.8 Å². The van der Waals surface area contributed by atoms with Crippen LogP contribution in [0.15, 0.2) is 58.7 Å². The lowest BCUT2D eigenvalue weighted by atomic mass is 10.1. The molecule has 2 N–H and O–H groups in total. The molecule has 0 saturated carbocycles. The predicted octanol–water partition coefficient (Wildman–Crippen LogP) is 3.26. The van der Waals surface area contributed by atoms with Gasteiger partial charge in [-0.3, -0.25) is 0 Å². The second-order valence-electron chi connectivity index (χ2n) is 5.52. The van der Waals surface area contributed by atoms with Crippen molar-refractivity contribution in [2.45, 2.75) is 12.2 Å². The molecule has 1 aliphatic rings. The van der Waals surface area contributed by atoms with Crippen molar-refractivity contribution in [2.75, 3.05) is 18.5 Å².